The first kappa shape index (κ1) is 22.7. The van der Waals surface area contributed by atoms with Crippen LogP contribution in [0.1, 0.15) is 28.8 Å². The first-order chi connectivity index (χ1) is 16.4. The molecule has 2 heterocycles. The number of nitrogens with one attached hydrogen (secondary N) is 1. The average Bonchev–Trinajstić information content (AvgIpc) is 3.51. The molecule has 9 heteroatoms. The zero-order valence-electron chi connectivity index (χ0n) is 18.3. The fourth-order valence-corrected chi connectivity index (χ4v) is 6.57. The number of rotatable bonds is 5. The number of hydrogen-bond donors (Lipinski definition) is 1. The van der Waals surface area contributed by atoms with Gasteiger partial charge in [0.05, 0.1) is 16.4 Å². The molecule has 3 aromatic carbocycles. The Kier molecular flexibility index (Phi) is 5.95. The molecule has 34 heavy (non-hydrogen) atoms. The van der Waals surface area contributed by atoms with Crippen molar-refractivity contribution in [3.8, 4) is 0 Å². The number of sulfonamides is 1. The number of benzene rings is 3. The van der Waals surface area contributed by atoms with Gasteiger partial charge in [0.25, 0.3) is 15.9 Å². The molecule has 0 bridgehead atoms. The van der Waals surface area contributed by atoms with Gasteiger partial charge in [0.15, 0.2) is 0 Å². The van der Waals surface area contributed by atoms with Gasteiger partial charge in [-0.15, -0.1) is 0 Å². The minimum Gasteiger partial charge on any atom is -0.370 e. The Morgan fingerprint density at radius 2 is 1.68 bits per heavy atom. The molecule has 0 unspecified atom stereocenters. The van der Waals surface area contributed by atoms with Crippen LogP contribution < -0.4 is 14.5 Å². The number of anilines is 3. The van der Waals surface area contributed by atoms with E-state index in [9.17, 15) is 17.6 Å². The van der Waals surface area contributed by atoms with E-state index in [0.29, 0.717) is 24.3 Å². The van der Waals surface area contributed by atoms with Gasteiger partial charge in [0.2, 0.25) is 0 Å². The lowest BCUT2D eigenvalue weighted by molar-refractivity contribution is 0.102. The van der Waals surface area contributed by atoms with Crippen LogP contribution in [-0.4, -0.2) is 34.0 Å². The molecule has 1 amide bonds. The van der Waals surface area contributed by atoms with Gasteiger partial charge in [-0.3, -0.25) is 9.10 Å². The Morgan fingerprint density at radius 3 is 2.47 bits per heavy atom. The lowest BCUT2D eigenvalue weighted by atomic mass is 10.2. The predicted molar refractivity (Wildman–Crippen MR) is 132 cm³/mol. The lowest BCUT2D eigenvalue weighted by Crippen LogP contribution is -2.29. The Labute approximate surface area is 203 Å². The van der Waals surface area contributed by atoms with Gasteiger partial charge in [-0.2, -0.15) is 0 Å². The SMILES string of the molecule is O=C(Nc1c(F)cccc1N1CCCC1)c1ccc(Cl)c(S(=O)(=O)N2CCc3ccccc32)c1. The van der Waals surface area contributed by atoms with Crippen molar-refractivity contribution < 1.29 is 17.6 Å². The maximum absolute atomic E-state index is 14.7. The molecule has 0 saturated carbocycles. The zero-order valence-corrected chi connectivity index (χ0v) is 19.9. The van der Waals surface area contributed by atoms with Crippen LogP contribution >= 0.6 is 11.6 Å². The number of hydrogen-bond acceptors (Lipinski definition) is 4. The van der Waals surface area contributed by atoms with Gasteiger partial charge in [-0.1, -0.05) is 35.9 Å². The monoisotopic (exact) mass is 499 g/mol. The van der Waals surface area contributed by atoms with E-state index in [1.807, 2.05) is 17.0 Å². The number of carbonyl (C=O) groups is 1. The molecule has 0 aromatic heterocycles. The molecule has 6 nitrogen and oxygen atoms in total. The molecule has 2 aliphatic rings. The second kappa shape index (κ2) is 8.92. The van der Waals surface area contributed by atoms with E-state index in [2.05, 4.69) is 5.32 Å². The summed E-state index contributed by atoms with van der Waals surface area (Å²) < 4.78 is 43.0. The van der Waals surface area contributed by atoms with Crippen LogP contribution in [0.15, 0.2) is 65.6 Å². The topological polar surface area (TPSA) is 69.7 Å². The molecule has 176 valence electrons. The molecule has 0 aliphatic carbocycles. The highest BCUT2D eigenvalue weighted by atomic mass is 35.5. The van der Waals surface area contributed by atoms with Crippen LogP contribution in [0.3, 0.4) is 0 Å². The number of carbonyl (C=O) groups excluding carboxylic acids is 1. The first-order valence-electron chi connectivity index (χ1n) is 11.1. The highest BCUT2D eigenvalue weighted by molar-refractivity contribution is 7.93. The maximum Gasteiger partial charge on any atom is 0.265 e. The standard InChI is InChI=1S/C25H23ClFN3O3S/c26-19-11-10-18(16-23(19)34(32,33)30-15-12-17-6-1-2-8-21(17)30)25(31)28-24-20(27)7-5-9-22(24)29-13-3-4-14-29/h1-2,5-11,16H,3-4,12-15H2,(H,28,31). The van der Waals surface area contributed by atoms with Gasteiger partial charge >= 0.3 is 0 Å². The molecule has 0 radical (unpaired) electrons. The summed E-state index contributed by atoms with van der Waals surface area (Å²) in [6.45, 7) is 1.86. The first-order valence-corrected chi connectivity index (χ1v) is 12.9. The Balaban J connectivity index is 1.47. The molecule has 1 saturated heterocycles. The molecule has 0 atom stereocenters. The lowest BCUT2D eigenvalue weighted by Gasteiger charge is -2.22. The second-order valence-electron chi connectivity index (χ2n) is 8.38. The van der Waals surface area contributed by atoms with Crippen molar-refractivity contribution in [2.75, 3.05) is 34.2 Å². The quantitative estimate of drug-likeness (QED) is 0.531. The third-order valence-electron chi connectivity index (χ3n) is 6.28. The van der Waals surface area contributed by atoms with Gasteiger partial charge in [0, 0.05) is 25.2 Å². The number of amides is 1. The molecule has 2 aliphatic heterocycles. The van der Waals surface area contributed by atoms with E-state index in [-0.39, 0.29) is 21.2 Å². The third-order valence-corrected chi connectivity index (χ3v) is 8.58. The normalized spacial score (nSPS) is 15.5. The molecule has 0 spiro atoms. The van der Waals surface area contributed by atoms with Crippen molar-refractivity contribution in [1.29, 1.82) is 0 Å². The average molecular weight is 500 g/mol. The van der Waals surface area contributed by atoms with Crippen molar-refractivity contribution in [3.63, 3.8) is 0 Å². The summed E-state index contributed by atoms with van der Waals surface area (Å²) in [5.41, 5.74) is 2.31. The molecule has 5 rings (SSSR count). The van der Waals surface area contributed by atoms with Gasteiger partial charge in [0.1, 0.15) is 16.4 Å². The van der Waals surface area contributed by atoms with E-state index >= 15 is 0 Å². The highest BCUT2D eigenvalue weighted by Gasteiger charge is 2.32. The molecular weight excluding hydrogens is 477 g/mol. The van der Waals surface area contributed by atoms with Crippen molar-refractivity contribution >= 4 is 44.6 Å². The van der Waals surface area contributed by atoms with E-state index in [4.69, 9.17) is 11.6 Å². The van der Waals surface area contributed by atoms with E-state index in [0.717, 1.165) is 31.5 Å². The number of fused-ring (bicyclic) bond motifs is 1. The minimum absolute atomic E-state index is 0.0181. The largest absolute Gasteiger partial charge is 0.370 e. The van der Waals surface area contributed by atoms with E-state index < -0.39 is 21.7 Å². The molecule has 1 N–H and O–H groups in total. The van der Waals surface area contributed by atoms with Gasteiger partial charge < -0.3 is 10.2 Å². The molecule has 3 aromatic rings. The van der Waals surface area contributed by atoms with Gasteiger partial charge in [-0.25, -0.2) is 12.8 Å². The Morgan fingerprint density at radius 1 is 0.941 bits per heavy atom. The predicted octanol–water partition coefficient (Wildman–Crippen LogP) is 5.08. The summed E-state index contributed by atoms with van der Waals surface area (Å²) in [4.78, 5) is 15.0. The van der Waals surface area contributed by atoms with Crippen LogP contribution in [0.5, 0.6) is 0 Å². The third kappa shape index (κ3) is 4.01. The minimum atomic E-state index is -4.00. The van der Waals surface area contributed by atoms with Crippen molar-refractivity contribution in [1.82, 2.24) is 0 Å². The van der Waals surface area contributed by atoms with Gasteiger partial charge in [-0.05, 0) is 61.2 Å². The summed E-state index contributed by atoms with van der Waals surface area (Å²) in [5.74, 6) is -1.16. The van der Waals surface area contributed by atoms with Crippen molar-refractivity contribution in [2.45, 2.75) is 24.2 Å². The van der Waals surface area contributed by atoms with E-state index in [1.54, 1.807) is 24.3 Å². The maximum atomic E-state index is 14.7. The Hall–Kier alpha value is -3.10. The molecular formula is C25H23ClFN3O3S. The summed E-state index contributed by atoms with van der Waals surface area (Å²) in [6, 6.07) is 16.0. The van der Waals surface area contributed by atoms with Crippen LogP contribution in [0.2, 0.25) is 5.02 Å². The van der Waals surface area contributed by atoms with Crippen LogP contribution in [0, 0.1) is 5.82 Å². The number of halogens is 2. The van der Waals surface area contributed by atoms with Crippen molar-refractivity contribution in [3.05, 3.63) is 82.6 Å². The summed E-state index contributed by atoms with van der Waals surface area (Å²) in [7, 11) is -4.00. The summed E-state index contributed by atoms with van der Waals surface area (Å²) in [6.07, 6.45) is 2.60. The highest BCUT2D eigenvalue weighted by Crippen LogP contribution is 2.36. The fourth-order valence-electron chi connectivity index (χ4n) is 4.56. The summed E-state index contributed by atoms with van der Waals surface area (Å²) in [5, 5.41) is 2.67. The smallest absolute Gasteiger partial charge is 0.265 e. The van der Waals surface area contributed by atoms with Crippen LogP contribution in [-0.2, 0) is 16.4 Å². The second-order valence-corrected chi connectivity index (χ2v) is 10.6. The Bertz CT molecular complexity index is 1370. The fraction of sp³-hybridized carbons (Fsp3) is 0.240. The van der Waals surface area contributed by atoms with E-state index in [1.165, 1.54) is 28.6 Å². The number of nitrogens with zero attached hydrogens (tertiary/aromatic N) is 2. The van der Waals surface area contributed by atoms with Crippen LogP contribution in [0.4, 0.5) is 21.5 Å². The summed E-state index contributed by atoms with van der Waals surface area (Å²) >= 11 is 6.28. The molecule has 1 fully saturated rings. The zero-order chi connectivity index (χ0) is 23.9. The van der Waals surface area contributed by atoms with Crippen molar-refractivity contribution in [2.24, 2.45) is 0 Å². The van der Waals surface area contributed by atoms with Crippen LogP contribution in [0.25, 0.3) is 0 Å². The number of para-hydroxylation sites is 2.